The van der Waals surface area contributed by atoms with Crippen LogP contribution < -0.4 is 5.73 Å². The molecule has 1 unspecified atom stereocenters. The molecule has 0 saturated carbocycles. The number of nitriles is 1. The average molecular weight is 195 g/mol. The highest BCUT2D eigenvalue weighted by molar-refractivity contribution is 5.72. The van der Waals surface area contributed by atoms with Gasteiger partial charge in [0.05, 0.1) is 12.7 Å². The molecule has 3 N–H and O–H groups in total. The van der Waals surface area contributed by atoms with Gasteiger partial charge in [-0.3, -0.25) is 4.79 Å². The van der Waals surface area contributed by atoms with Gasteiger partial charge in [-0.05, 0) is 6.42 Å². The van der Waals surface area contributed by atoms with Gasteiger partial charge in [0.1, 0.15) is 12.1 Å². The van der Waals surface area contributed by atoms with Crippen molar-refractivity contribution in [1.82, 2.24) is 15.0 Å². The first kappa shape index (κ1) is 10.1. The molecule has 0 bridgehead atoms. The highest BCUT2D eigenvalue weighted by atomic mass is 16.4. The number of carboxylic acid groups (broad SMARTS) is 1. The molecule has 1 rings (SSSR count). The Morgan fingerprint density at radius 1 is 1.86 bits per heavy atom. The zero-order valence-electron chi connectivity index (χ0n) is 7.29. The van der Waals surface area contributed by atoms with Gasteiger partial charge in [-0.2, -0.15) is 15.2 Å². The SMILES string of the molecule is N#Cc1cnn(CCC(N)C(=O)O)n1. The number of carboxylic acids is 1. The van der Waals surface area contributed by atoms with Crippen LogP contribution in [-0.4, -0.2) is 32.1 Å². The van der Waals surface area contributed by atoms with Gasteiger partial charge in [0.25, 0.3) is 0 Å². The van der Waals surface area contributed by atoms with Crippen LogP contribution in [0.1, 0.15) is 12.1 Å². The standard InChI is InChI=1S/C7H9N5O2/c8-3-5-4-10-12(11-5)2-1-6(9)7(13)14/h4,6H,1-2,9H2,(H,13,14). The molecule has 1 heterocycles. The molecule has 7 heteroatoms. The molecule has 74 valence electrons. The zero-order valence-corrected chi connectivity index (χ0v) is 7.29. The Balaban J connectivity index is 2.46. The third kappa shape index (κ3) is 2.53. The van der Waals surface area contributed by atoms with E-state index >= 15 is 0 Å². The molecule has 0 aromatic carbocycles. The van der Waals surface area contributed by atoms with E-state index in [1.165, 1.54) is 11.0 Å². The number of nitrogens with two attached hydrogens (primary N) is 1. The smallest absolute Gasteiger partial charge is 0.320 e. The van der Waals surface area contributed by atoms with Crippen molar-refractivity contribution in [3.8, 4) is 6.07 Å². The number of hydrogen-bond donors (Lipinski definition) is 2. The maximum absolute atomic E-state index is 10.4. The molecule has 7 nitrogen and oxygen atoms in total. The molecule has 0 spiro atoms. The van der Waals surface area contributed by atoms with Gasteiger partial charge < -0.3 is 10.8 Å². The fourth-order valence-electron chi connectivity index (χ4n) is 0.834. The van der Waals surface area contributed by atoms with Crippen LogP contribution in [0.3, 0.4) is 0 Å². The van der Waals surface area contributed by atoms with Gasteiger partial charge in [0, 0.05) is 0 Å². The first-order valence-corrected chi connectivity index (χ1v) is 3.92. The summed E-state index contributed by atoms with van der Waals surface area (Å²) in [6.07, 6.45) is 1.54. The summed E-state index contributed by atoms with van der Waals surface area (Å²) in [5.74, 6) is -1.06. The monoisotopic (exact) mass is 195 g/mol. The molecule has 14 heavy (non-hydrogen) atoms. The van der Waals surface area contributed by atoms with Crippen molar-refractivity contribution in [2.45, 2.75) is 19.0 Å². The lowest BCUT2D eigenvalue weighted by Crippen LogP contribution is -2.31. The minimum Gasteiger partial charge on any atom is -0.480 e. The van der Waals surface area contributed by atoms with Gasteiger partial charge in [0.2, 0.25) is 0 Å². The first-order valence-electron chi connectivity index (χ1n) is 3.92. The summed E-state index contributed by atoms with van der Waals surface area (Å²) >= 11 is 0. The van der Waals surface area contributed by atoms with Crippen LogP contribution in [0.4, 0.5) is 0 Å². The number of carbonyl (C=O) groups is 1. The number of hydrogen-bond acceptors (Lipinski definition) is 5. The summed E-state index contributed by atoms with van der Waals surface area (Å²) in [5, 5.41) is 24.4. The second-order valence-electron chi connectivity index (χ2n) is 2.67. The van der Waals surface area contributed by atoms with E-state index in [9.17, 15) is 4.79 Å². The van der Waals surface area contributed by atoms with Crippen LogP contribution >= 0.6 is 0 Å². The molecule has 0 aliphatic heterocycles. The van der Waals surface area contributed by atoms with E-state index in [0.717, 1.165) is 0 Å². The largest absolute Gasteiger partial charge is 0.480 e. The van der Waals surface area contributed by atoms with E-state index in [4.69, 9.17) is 16.1 Å². The lowest BCUT2D eigenvalue weighted by molar-refractivity contribution is -0.138. The maximum atomic E-state index is 10.4. The topological polar surface area (TPSA) is 118 Å². The summed E-state index contributed by atoms with van der Waals surface area (Å²) < 4.78 is 0. The Labute approximate surface area is 79.7 Å². The van der Waals surface area contributed by atoms with Crippen LogP contribution in [0.5, 0.6) is 0 Å². The molecule has 0 aliphatic rings. The number of aliphatic carboxylic acids is 1. The van der Waals surface area contributed by atoms with E-state index in [0.29, 0.717) is 0 Å². The molecule has 0 saturated heterocycles. The summed E-state index contributed by atoms with van der Waals surface area (Å²) in [4.78, 5) is 11.6. The molecular formula is C7H9N5O2. The van der Waals surface area contributed by atoms with E-state index in [-0.39, 0.29) is 18.7 Å². The third-order valence-corrected chi connectivity index (χ3v) is 1.61. The van der Waals surface area contributed by atoms with Gasteiger partial charge in [0.15, 0.2) is 5.69 Å². The fourth-order valence-corrected chi connectivity index (χ4v) is 0.834. The highest BCUT2D eigenvalue weighted by Crippen LogP contribution is 1.94. The molecular weight excluding hydrogens is 186 g/mol. The second-order valence-corrected chi connectivity index (χ2v) is 2.67. The van der Waals surface area contributed by atoms with Gasteiger partial charge in [-0.25, -0.2) is 0 Å². The predicted molar refractivity (Wildman–Crippen MR) is 45.0 cm³/mol. The van der Waals surface area contributed by atoms with Crippen molar-refractivity contribution in [2.75, 3.05) is 0 Å². The molecule has 0 aliphatic carbocycles. The van der Waals surface area contributed by atoms with Crippen molar-refractivity contribution in [1.29, 1.82) is 5.26 Å². The van der Waals surface area contributed by atoms with Crippen molar-refractivity contribution >= 4 is 5.97 Å². The Bertz CT molecular complexity index is 366. The van der Waals surface area contributed by atoms with Crippen molar-refractivity contribution in [2.24, 2.45) is 5.73 Å². The Kier molecular flexibility index (Phi) is 3.14. The van der Waals surface area contributed by atoms with E-state index in [1.807, 2.05) is 6.07 Å². The summed E-state index contributed by atoms with van der Waals surface area (Å²) in [5.41, 5.74) is 5.47. The van der Waals surface area contributed by atoms with Crippen LogP contribution in [0.15, 0.2) is 6.20 Å². The number of rotatable bonds is 4. The lowest BCUT2D eigenvalue weighted by Gasteiger charge is -2.04. The first-order chi connectivity index (χ1) is 6.63. The molecule has 0 amide bonds. The Morgan fingerprint density at radius 2 is 2.57 bits per heavy atom. The number of nitrogens with zero attached hydrogens (tertiary/aromatic N) is 4. The Morgan fingerprint density at radius 3 is 3.07 bits per heavy atom. The van der Waals surface area contributed by atoms with E-state index < -0.39 is 12.0 Å². The zero-order chi connectivity index (χ0) is 10.6. The maximum Gasteiger partial charge on any atom is 0.320 e. The fraction of sp³-hybridized carbons (Fsp3) is 0.429. The van der Waals surface area contributed by atoms with Crippen LogP contribution in [0, 0.1) is 11.3 Å². The van der Waals surface area contributed by atoms with Crippen molar-refractivity contribution in [3.05, 3.63) is 11.9 Å². The Hall–Kier alpha value is -1.94. The van der Waals surface area contributed by atoms with Crippen molar-refractivity contribution in [3.63, 3.8) is 0 Å². The molecule has 1 aromatic heterocycles. The summed E-state index contributed by atoms with van der Waals surface area (Å²) in [7, 11) is 0. The average Bonchev–Trinajstić information content (AvgIpc) is 2.61. The van der Waals surface area contributed by atoms with Crippen LogP contribution in [0.25, 0.3) is 0 Å². The minimum absolute atomic E-state index is 0.203. The summed E-state index contributed by atoms with van der Waals surface area (Å²) in [6.45, 7) is 0.287. The van der Waals surface area contributed by atoms with E-state index in [2.05, 4.69) is 10.2 Å². The highest BCUT2D eigenvalue weighted by Gasteiger charge is 2.11. The van der Waals surface area contributed by atoms with E-state index in [1.54, 1.807) is 0 Å². The van der Waals surface area contributed by atoms with Gasteiger partial charge in [-0.1, -0.05) is 0 Å². The quantitative estimate of drug-likeness (QED) is 0.633. The number of aromatic nitrogens is 3. The van der Waals surface area contributed by atoms with Crippen LogP contribution in [-0.2, 0) is 11.3 Å². The molecule has 0 radical (unpaired) electrons. The third-order valence-electron chi connectivity index (χ3n) is 1.61. The normalized spacial score (nSPS) is 12.0. The number of aryl methyl sites for hydroxylation is 1. The molecule has 1 aromatic rings. The lowest BCUT2D eigenvalue weighted by atomic mass is 10.2. The minimum atomic E-state index is -1.06. The molecule has 1 atom stereocenters. The molecule has 0 fully saturated rings. The second kappa shape index (κ2) is 4.34. The van der Waals surface area contributed by atoms with Crippen molar-refractivity contribution < 1.29 is 9.90 Å². The summed E-state index contributed by atoms with van der Waals surface area (Å²) in [6, 6.07) is 0.891. The van der Waals surface area contributed by atoms with Gasteiger partial charge >= 0.3 is 5.97 Å². The van der Waals surface area contributed by atoms with Gasteiger partial charge in [-0.15, -0.1) is 5.10 Å². The van der Waals surface area contributed by atoms with Crippen LogP contribution in [0.2, 0.25) is 0 Å². The predicted octanol–water partition coefficient (Wildman–Crippen LogP) is -1.05.